The quantitative estimate of drug-likeness (QED) is 0.483. The molecule has 0 aliphatic rings. The summed E-state index contributed by atoms with van der Waals surface area (Å²) in [7, 11) is 0. The van der Waals surface area contributed by atoms with E-state index in [1.165, 1.54) is 0 Å². The van der Waals surface area contributed by atoms with Crippen molar-refractivity contribution in [2.45, 2.75) is 33.1 Å². The van der Waals surface area contributed by atoms with Crippen molar-refractivity contribution in [1.29, 1.82) is 0 Å². The number of aromatic nitrogens is 1. The minimum atomic E-state index is -0.0754. The molecule has 0 aliphatic heterocycles. The van der Waals surface area contributed by atoms with Crippen molar-refractivity contribution in [2.24, 2.45) is 0 Å². The molecule has 0 bridgehead atoms. The maximum absolute atomic E-state index is 13.0. The average Bonchev–Trinajstić information content (AvgIpc) is 2.65. The van der Waals surface area contributed by atoms with Gasteiger partial charge in [0.05, 0.1) is 21.8 Å². The molecule has 0 spiro atoms. The second-order valence-electron chi connectivity index (χ2n) is 6.56. The van der Waals surface area contributed by atoms with Crippen molar-refractivity contribution in [3.05, 3.63) is 63.6 Å². The summed E-state index contributed by atoms with van der Waals surface area (Å²) in [5.41, 5.74) is 3.70. The molecule has 1 heterocycles. The Bertz CT molecular complexity index is 985. The Balaban J connectivity index is 2.11. The first-order valence-electron chi connectivity index (χ1n) is 9.16. The number of amides is 1. The summed E-state index contributed by atoms with van der Waals surface area (Å²) >= 11 is 12.4. The van der Waals surface area contributed by atoms with Crippen molar-refractivity contribution in [3.63, 3.8) is 0 Å². The molecule has 1 N–H and O–H groups in total. The van der Waals surface area contributed by atoms with Crippen LogP contribution in [0.5, 0.6) is 0 Å². The summed E-state index contributed by atoms with van der Waals surface area (Å²) in [4.78, 5) is 17.8. The van der Waals surface area contributed by atoms with Crippen molar-refractivity contribution in [2.75, 3.05) is 6.54 Å². The van der Waals surface area contributed by atoms with Crippen molar-refractivity contribution in [3.8, 4) is 11.3 Å². The van der Waals surface area contributed by atoms with Crippen LogP contribution in [-0.4, -0.2) is 17.4 Å². The zero-order chi connectivity index (χ0) is 19.4. The zero-order valence-corrected chi connectivity index (χ0v) is 17.0. The van der Waals surface area contributed by atoms with Gasteiger partial charge >= 0.3 is 0 Å². The number of pyridine rings is 1. The minimum Gasteiger partial charge on any atom is -0.352 e. The zero-order valence-electron chi connectivity index (χ0n) is 15.5. The fourth-order valence-electron chi connectivity index (χ4n) is 3.21. The fraction of sp³-hybridized carbons (Fsp3) is 0.273. The summed E-state index contributed by atoms with van der Waals surface area (Å²) in [6.45, 7) is 4.73. The molecule has 2 aromatic carbocycles. The summed E-state index contributed by atoms with van der Waals surface area (Å²) in [6, 6.07) is 13.0. The van der Waals surface area contributed by atoms with Crippen LogP contribution in [0.25, 0.3) is 22.2 Å². The first-order chi connectivity index (χ1) is 13.0. The Kier molecular flexibility index (Phi) is 6.35. The van der Waals surface area contributed by atoms with Crippen molar-refractivity contribution in [1.82, 2.24) is 10.3 Å². The maximum Gasteiger partial charge on any atom is 0.252 e. The molecule has 0 fully saturated rings. The molecular formula is C22H22Cl2N2O. The number of rotatable bonds is 6. The monoisotopic (exact) mass is 400 g/mol. The SMILES string of the molecule is CCCCCNC(=O)c1c(C)c(-c2ccc(Cl)cc2Cl)nc2ccccc12. The highest BCUT2D eigenvalue weighted by atomic mass is 35.5. The van der Waals surface area contributed by atoms with Gasteiger partial charge in [-0.05, 0) is 43.2 Å². The van der Waals surface area contributed by atoms with Gasteiger partial charge in [0.25, 0.3) is 5.91 Å². The minimum absolute atomic E-state index is 0.0754. The highest BCUT2D eigenvalue weighted by Gasteiger charge is 2.19. The summed E-state index contributed by atoms with van der Waals surface area (Å²) in [5, 5.41) is 4.97. The maximum atomic E-state index is 13.0. The lowest BCUT2D eigenvalue weighted by molar-refractivity contribution is 0.0954. The van der Waals surface area contributed by atoms with Gasteiger partial charge in [-0.15, -0.1) is 0 Å². The highest BCUT2D eigenvalue weighted by molar-refractivity contribution is 6.36. The van der Waals surface area contributed by atoms with Crippen LogP contribution in [0.4, 0.5) is 0 Å². The number of unbranched alkanes of at least 4 members (excludes halogenated alkanes) is 2. The second kappa shape index (κ2) is 8.73. The molecule has 5 heteroatoms. The Morgan fingerprint density at radius 3 is 2.63 bits per heavy atom. The summed E-state index contributed by atoms with van der Waals surface area (Å²) in [6.07, 6.45) is 3.19. The van der Waals surface area contributed by atoms with E-state index >= 15 is 0 Å². The normalized spacial score (nSPS) is 11.0. The predicted octanol–water partition coefficient (Wildman–Crippen LogP) is 6.44. The van der Waals surface area contributed by atoms with E-state index in [9.17, 15) is 4.79 Å². The molecule has 0 radical (unpaired) electrons. The summed E-state index contributed by atoms with van der Waals surface area (Å²) < 4.78 is 0. The van der Waals surface area contributed by atoms with Crippen LogP contribution >= 0.6 is 23.2 Å². The third-order valence-electron chi connectivity index (χ3n) is 4.62. The third kappa shape index (κ3) is 4.26. The second-order valence-corrected chi connectivity index (χ2v) is 7.41. The third-order valence-corrected chi connectivity index (χ3v) is 5.16. The number of halogens is 2. The fourth-order valence-corrected chi connectivity index (χ4v) is 3.71. The van der Waals surface area contributed by atoms with Crippen LogP contribution in [0, 0.1) is 6.92 Å². The van der Waals surface area contributed by atoms with Gasteiger partial charge in [0.1, 0.15) is 0 Å². The number of hydrogen-bond acceptors (Lipinski definition) is 2. The molecular weight excluding hydrogens is 379 g/mol. The van der Waals surface area contributed by atoms with Crippen LogP contribution in [0.1, 0.15) is 42.1 Å². The van der Waals surface area contributed by atoms with Crippen LogP contribution in [-0.2, 0) is 0 Å². The van der Waals surface area contributed by atoms with E-state index < -0.39 is 0 Å². The van der Waals surface area contributed by atoms with E-state index in [-0.39, 0.29) is 5.91 Å². The van der Waals surface area contributed by atoms with Gasteiger partial charge in [0, 0.05) is 22.5 Å². The highest BCUT2D eigenvalue weighted by Crippen LogP contribution is 2.34. The lowest BCUT2D eigenvalue weighted by atomic mass is 9.97. The van der Waals surface area contributed by atoms with E-state index in [4.69, 9.17) is 28.2 Å². The lowest BCUT2D eigenvalue weighted by Crippen LogP contribution is -2.26. The Labute approximate surface area is 169 Å². The molecule has 3 nitrogen and oxygen atoms in total. The van der Waals surface area contributed by atoms with E-state index in [1.807, 2.05) is 37.3 Å². The largest absolute Gasteiger partial charge is 0.352 e. The number of carbonyl (C=O) groups is 1. The number of nitrogens with one attached hydrogen (secondary N) is 1. The van der Waals surface area contributed by atoms with Crippen LogP contribution in [0.2, 0.25) is 10.0 Å². The molecule has 3 aromatic rings. The van der Waals surface area contributed by atoms with Gasteiger partial charge in [-0.3, -0.25) is 4.79 Å². The number of fused-ring (bicyclic) bond motifs is 1. The standard InChI is InChI=1S/C22H22Cl2N2O/c1-3-4-7-12-25-22(27)20-14(2)21(16-11-10-15(23)13-18(16)24)26-19-9-6-5-8-17(19)20/h5-6,8-11,13H,3-4,7,12H2,1-2H3,(H,25,27). The first kappa shape index (κ1) is 19.7. The van der Waals surface area contributed by atoms with E-state index in [2.05, 4.69) is 12.2 Å². The van der Waals surface area contributed by atoms with Crippen molar-refractivity contribution < 1.29 is 4.79 Å². The van der Waals surface area contributed by atoms with Gasteiger partial charge in [0.2, 0.25) is 0 Å². The van der Waals surface area contributed by atoms with Gasteiger partial charge in [-0.1, -0.05) is 61.2 Å². The Morgan fingerprint density at radius 2 is 1.89 bits per heavy atom. The number of nitrogens with zero attached hydrogens (tertiary/aromatic N) is 1. The lowest BCUT2D eigenvalue weighted by Gasteiger charge is -2.15. The Hall–Kier alpha value is -2.10. The molecule has 0 saturated heterocycles. The van der Waals surface area contributed by atoms with Crippen LogP contribution in [0.3, 0.4) is 0 Å². The number of benzene rings is 2. The number of carbonyl (C=O) groups excluding carboxylic acids is 1. The molecule has 0 aliphatic carbocycles. The van der Waals surface area contributed by atoms with Crippen molar-refractivity contribution >= 4 is 40.0 Å². The summed E-state index contributed by atoms with van der Waals surface area (Å²) in [5.74, 6) is -0.0754. The molecule has 0 saturated carbocycles. The topological polar surface area (TPSA) is 42.0 Å². The number of para-hydroxylation sites is 1. The average molecular weight is 401 g/mol. The molecule has 0 unspecified atom stereocenters. The van der Waals surface area contributed by atoms with E-state index in [0.29, 0.717) is 27.8 Å². The smallest absolute Gasteiger partial charge is 0.252 e. The first-order valence-corrected chi connectivity index (χ1v) is 9.91. The van der Waals surface area contributed by atoms with Gasteiger partial charge in [0.15, 0.2) is 0 Å². The predicted molar refractivity (Wildman–Crippen MR) is 114 cm³/mol. The van der Waals surface area contributed by atoms with Crippen LogP contribution < -0.4 is 5.32 Å². The molecule has 3 rings (SSSR count). The van der Waals surface area contributed by atoms with E-state index in [1.54, 1.807) is 12.1 Å². The van der Waals surface area contributed by atoms with Gasteiger partial charge in [-0.25, -0.2) is 4.98 Å². The molecule has 27 heavy (non-hydrogen) atoms. The van der Waals surface area contributed by atoms with Gasteiger partial charge in [-0.2, -0.15) is 0 Å². The molecule has 1 aromatic heterocycles. The molecule has 1 amide bonds. The molecule has 0 atom stereocenters. The molecule has 140 valence electrons. The van der Waals surface area contributed by atoms with E-state index in [0.717, 1.165) is 41.3 Å². The van der Waals surface area contributed by atoms with Crippen LogP contribution in [0.15, 0.2) is 42.5 Å². The number of hydrogen-bond donors (Lipinski definition) is 1. The Morgan fingerprint density at radius 1 is 1.11 bits per heavy atom. The van der Waals surface area contributed by atoms with Gasteiger partial charge < -0.3 is 5.32 Å².